The van der Waals surface area contributed by atoms with Crippen LogP contribution in [-0.2, 0) is 22.4 Å². The lowest BCUT2D eigenvalue weighted by atomic mass is 9.95. The predicted octanol–water partition coefficient (Wildman–Crippen LogP) is 4.47. The van der Waals surface area contributed by atoms with E-state index in [9.17, 15) is 14.0 Å². The summed E-state index contributed by atoms with van der Waals surface area (Å²) >= 11 is 6.72. The summed E-state index contributed by atoms with van der Waals surface area (Å²) in [6.45, 7) is 2.06. The van der Waals surface area contributed by atoms with E-state index in [0.717, 1.165) is 36.1 Å². The Kier molecular flexibility index (Phi) is 7.11. The zero-order valence-electron chi connectivity index (χ0n) is 15.9. The normalized spacial score (nSPS) is 13.0. The summed E-state index contributed by atoms with van der Waals surface area (Å²) in [7, 11) is 0. The minimum atomic E-state index is -0.425. The van der Waals surface area contributed by atoms with E-state index in [0.29, 0.717) is 16.1 Å². The standard InChI is InChI=1S/C21H21FN2O3S2/c1-2-27-20(26)18-15-5-3-4-6-16(15)29-19(18)24-21(28)23-17(25)12-9-13-7-10-14(22)11-8-13/h7-12H,2-6H2,1H3,(H2,23,24,25,28). The Morgan fingerprint density at radius 1 is 1.24 bits per heavy atom. The van der Waals surface area contributed by atoms with Gasteiger partial charge in [0.05, 0.1) is 12.2 Å². The van der Waals surface area contributed by atoms with Crippen molar-refractivity contribution in [1.29, 1.82) is 0 Å². The molecule has 2 aromatic rings. The number of rotatable bonds is 5. The van der Waals surface area contributed by atoms with Gasteiger partial charge in [-0.15, -0.1) is 11.3 Å². The van der Waals surface area contributed by atoms with Crippen molar-refractivity contribution in [3.05, 3.63) is 57.7 Å². The van der Waals surface area contributed by atoms with Crippen molar-refractivity contribution in [3.63, 3.8) is 0 Å². The van der Waals surface area contributed by atoms with Gasteiger partial charge in [0.15, 0.2) is 5.11 Å². The second kappa shape index (κ2) is 9.76. The van der Waals surface area contributed by atoms with Crippen LogP contribution >= 0.6 is 23.6 Å². The molecule has 0 spiro atoms. The number of thiocarbonyl (C=S) groups is 1. The largest absolute Gasteiger partial charge is 0.462 e. The molecule has 1 aromatic heterocycles. The first-order valence-electron chi connectivity index (χ1n) is 9.35. The Morgan fingerprint density at radius 2 is 1.97 bits per heavy atom. The molecule has 0 aliphatic heterocycles. The average molecular weight is 433 g/mol. The van der Waals surface area contributed by atoms with Crippen molar-refractivity contribution >= 4 is 51.6 Å². The maximum Gasteiger partial charge on any atom is 0.341 e. The highest BCUT2D eigenvalue weighted by Crippen LogP contribution is 2.38. The molecule has 152 valence electrons. The summed E-state index contributed by atoms with van der Waals surface area (Å²) in [5, 5.41) is 6.24. The molecule has 0 fully saturated rings. The number of hydrogen-bond donors (Lipinski definition) is 2. The van der Waals surface area contributed by atoms with Crippen molar-refractivity contribution < 1.29 is 18.7 Å². The van der Waals surface area contributed by atoms with Crippen LogP contribution in [0.15, 0.2) is 30.3 Å². The Balaban J connectivity index is 1.68. The highest BCUT2D eigenvalue weighted by atomic mass is 32.1. The third-order valence-electron chi connectivity index (χ3n) is 4.41. The lowest BCUT2D eigenvalue weighted by Crippen LogP contribution is -2.33. The van der Waals surface area contributed by atoms with Gasteiger partial charge in [-0.2, -0.15) is 0 Å². The van der Waals surface area contributed by atoms with E-state index in [-0.39, 0.29) is 23.5 Å². The van der Waals surface area contributed by atoms with Gasteiger partial charge in [-0.25, -0.2) is 9.18 Å². The summed E-state index contributed by atoms with van der Waals surface area (Å²) in [5.74, 6) is -1.14. The second-order valence-electron chi connectivity index (χ2n) is 6.46. The summed E-state index contributed by atoms with van der Waals surface area (Å²) in [5.41, 5.74) is 2.23. The topological polar surface area (TPSA) is 67.4 Å². The fourth-order valence-corrected chi connectivity index (χ4v) is 4.66. The molecule has 0 unspecified atom stereocenters. The Hall–Kier alpha value is -2.58. The first kappa shape index (κ1) is 21.1. The lowest BCUT2D eigenvalue weighted by Gasteiger charge is -2.12. The summed E-state index contributed by atoms with van der Waals surface area (Å²) in [6.07, 6.45) is 6.75. The number of benzene rings is 1. The zero-order valence-corrected chi connectivity index (χ0v) is 17.6. The third-order valence-corrected chi connectivity index (χ3v) is 5.82. The van der Waals surface area contributed by atoms with Crippen LogP contribution in [0.2, 0.25) is 0 Å². The Morgan fingerprint density at radius 3 is 2.69 bits per heavy atom. The van der Waals surface area contributed by atoms with Gasteiger partial charge >= 0.3 is 5.97 Å². The minimum Gasteiger partial charge on any atom is -0.462 e. The number of halogens is 1. The molecular formula is C21H21FN2O3S2. The maximum absolute atomic E-state index is 12.9. The number of ether oxygens (including phenoxy) is 1. The fraction of sp³-hybridized carbons (Fsp3) is 0.286. The Bertz CT molecular complexity index is 952. The zero-order chi connectivity index (χ0) is 20.8. The Labute approximate surface area is 178 Å². The van der Waals surface area contributed by atoms with E-state index in [1.54, 1.807) is 25.1 Å². The predicted molar refractivity (Wildman–Crippen MR) is 117 cm³/mol. The van der Waals surface area contributed by atoms with Crippen molar-refractivity contribution in [2.24, 2.45) is 0 Å². The van der Waals surface area contributed by atoms with Crippen LogP contribution in [0.25, 0.3) is 6.08 Å². The number of amides is 1. The number of thiophene rings is 1. The number of carbonyl (C=O) groups excluding carboxylic acids is 2. The van der Waals surface area contributed by atoms with Gasteiger partial charge in [0.25, 0.3) is 0 Å². The van der Waals surface area contributed by atoms with E-state index in [4.69, 9.17) is 17.0 Å². The molecule has 2 N–H and O–H groups in total. The van der Waals surface area contributed by atoms with Crippen molar-refractivity contribution in [2.45, 2.75) is 32.6 Å². The molecule has 1 amide bonds. The monoisotopic (exact) mass is 432 g/mol. The summed E-state index contributed by atoms with van der Waals surface area (Å²) in [6, 6.07) is 5.77. The number of esters is 1. The van der Waals surface area contributed by atoms with Crippen LogP contribution in [-0.4, -0.2) is 23.6 Å². The molecule has 3 rings (SSSR count). The van der Waals surface area contributed by atoms with Crippen LogP contribution in [0, 0.1) is 5.82 Å². The number of nitrogens with one attached hydrogen (secondary N) is 2. The number of anilines is 1. The van der Waals surface area contributed by atoms with Gasteiger partial charge < -0.3 is 10.1 Å². The molecule has 0 saturated heterocycles. The molecule has 1 aromatic carbocycles. The molecule has 1 aliphatic carbocycles. The summed E-state index contributed by atoms with van der Waals surface area (Å²) in [4.78, 5) is 25.7. The average Bonchev–Trinajstić information content (AvgIpc) is 3.05. The maximum atomic E-state index is 12.9. The van der Waals surface area contributed by atoms with Gasteiger partial charge in [0, 0.05) is 11.0 Å². The molecule has 5 nitrogen and oxygen atoms in total. The molecule has 8 heteroatoms. The number of hydrogen-bond acceptors (Lipinski definition) is 5. The number of aryl methyl sites for hydroxylation is 1. The molecular weight excluding hydrogens is 411 g/mol. The second-order valence-corrected chi connectivity index (χ2v) is 7.98. The van der Waals surface area contributed by atoms with Crippen LogP contribution < -0.4 is 10.6 Å². The van der Waals surface area contributed by atoms with Gasteiger partial charge in [0.2, 0.25) is 5.91 Å². The fourth-order valence-electron chi connectivity index (χ4n) is 3.11. The highest BCUT2D eigenvalue weighted by molar-refractivity contribution is 7.80. The van der Waals surface area contributed by atoms with Gasteiger partial charge in [-0.3, -0.25) is 10.1 Å². The van der Waals surface area contributed by atoms with Crippen molar-refractivity contribution in [3.8, 4) is 0 Å². The van der Waals surface area contributed by atoms with Crippen LogP contribution in [0.4, 0.5) is 9.39 Å². The quantitative estimate of drug-likeness (QED) is 0.415. The minimum absolute atomic E-state index is 0.0999. The van der Waals surface area contributed by atoms with Gasteiger partial charge in [0.1, 0.15) is 10.8 Å². The highest BCUT2D eigenvalue weighted by Gasteiger charge is 2.26. The van der Waals surface area contributed by atoms with E-state index in [1.165, 1.54) is 29.5 Å². The molecule has 29 heavy (non-hydrogen) atoms. The van der Waals surface area contributed by atoms with Crippen LogP contribution in [0.5, 0.6) is 0 Å². The van der Waals surface area contributed by atoms with E-state index < -0.39 is 5.91 Å². The molecule has 1 heterocycles. The number of fused-ring (bicyclic) bond motifs is 1. The van der Waals surface area contributed by atoms with E-state index in [1.807, 2.05) is 0 Å². The third kappa shape index (κ3) is 5.48. The van der Waals surface area contributed by atoms with Gasteiger partial charge in [-0.1, -0.05) is 12.1 Å². The SMILES string of the molecule is CCOC(=O)c1c(NC(=S)NC(=O)C=Cc2ccc(F)cc2)sc2c1CCCC2. The molecule has 0 bridgehead atoms. The molecule has 1 aliphatic rings. The van der Waals surface area contributed by atoms with Crippen molar-refractivity contribution in [2.75, 3.05) is 11.9 Å². The molecule has 0 saturated carbocycles. The smallest absolute Gasteiger partial charge is 0.341 e. The van der Waals surface area contributed by atoms with Crippen molar-refractivity contribution in [1.82, 2.24) is 5.32 Å². The lowest BCUT2D eigenvalue weighted by molar-refractivity contribution is -0.115. The first-order chi connectivity index (χ1) is 14.0. The van der Waals surface area contributed by atoms with Crippen LogP contribution in [0.1, 0.15) is 46.1 Å². The molecule has 0 atom stereocenters. The van der Waals surface area contributed by atoms with E-state index >= 15 is 0 Å². The summed E-state index contributed by atoms with van der Waals surface area (Å²) < 4.78 is 18.1. The van der Waals surface area contributed by atoms with E-state index in [2.05, 4.69) is 10.6 Å². The number of carbonyl (C=O) groups is 2. The van der Waals surface area contributed by atoms with Gasteiger partial charge in [-0.05, 0) is 74.2 Å². The molecule has 0 radical (unpaired) electrons. The van der Waals surface area contributed by atoms with Crippen LogP contribution in [0.3, 0.4) is 0 Å². The first-order valence-corrected chi connectivity index (χ1v) is 10.6.